The molecule has 7 nitrogen and oxygen atoms in total. The summed E-state index contributed by atoms with van der Waals surface area (Å²) in [4.78, 5) is 34.1. The Morgan fingerprint density at radius 2 is 1.76 bits per heavy atom. The number of rotatable bonds is 6. The molecule has 2 amide bonds. The van der Waals surface area contributed by atoms with Gasteiger partial charge in [-0.2, -0.15) is 0 Å². The molecule has 0 saturated carbocycles. The molecule has 3 N–H and O–H groups in total. The van der Waals surface area contributed by atoms with Crippen LogP contribution < -0.4 is 11.1 Å². The Labute approximate surface area is 152 Å². The summed E-state index contributed by atoms with van der Waals surface area (Å²) in [5, 5.41) is 13.9. The van der Waals surface area contributed by atoms with E-state index in [-0.39, 0.29) is 17.7 Å². The number of carbonyl (C=O) groups is 2. The van der Waals surface area contributed by atoms with Gasteiger partial charge in [0, 0.05) is 34.2 Å². The summed E-state index contributed by atoms with van der Waals surface area (Å²) in [5.41, 5.74) is 5.60. The number of nitro groups is 1. The zero-order chi connectivity index (χ0) is 18.6. The Morgan fingerprint density at radius 1 is 1.16 bits per heavy atom. The molecule has 0 aliphatic rings. The summed E-state index contributed by atoms with van der Waals surface area (Å²) >= 11 is 12.1. The zero-order valence-electron chi connectivity index (χ0n) is 12.7. The lowest BCUT2D eigenvalue weighted by atomic mass is 10.0. The molecule has 2 rings (SSSR count). The highest BCUT2D eigenvalue weighted by atomic mass is 35.5. The number of halogens is 2. The third-order valence-electron chi connectivity index (χ3n) is 3.44. The van der Waals surface area contributed by atoms with Gasteiger partial charge in [0.1, 0.15) is 6.04 Å². The lowest BCUT2D eigenvalue weighted by Crippen LogP contribution is -2.46. The molecular weight excluding hydrogens is 369 g/mol. The number of nitrogens with zero attached hydrogens (tertiary/aromatic N) is 1. The zero-order valence-corrected chi connectivity index (χ0v) is 14.3. The fourth-order valence-corrected chi connectivity index (χ4v) is 2.71. The molecule has 0 bridgehead atoms. The van der Waals surface area contributed by atoms with Gasteiger partial charge in [-0.05, 0) is 23.8 Å². The molecule has 0 aliphatic carbocycles. The summed E-state index contributed by atoms with van der Waals surface area (Å²) in [7, 11) is 0. The molecule has 2 aromatic rings. The van der Waals surface area contributed by atoms with E-state index in [9.17, 15) is 19.7 Å². The van der Waals surface area contributed by atoms with Gasteiger partial charge >= 0.3 is 0 Å². The first kappa shape index (κ1) is 18.7. The van der Waals surface area contributed by atoms with E-state index in [0.717, 1.165) is 6.07 Å². The van der Waals surface area contributed by atoms with Crippen molar-refractivity contribution in [3.63, 3.8) is 0 Å². The van der Waals surface area contributed by atoms with Crippen LogP contribution in [0.3, 0.4) is 0 Å². The third-order valence-corrected chi connectivity index (χ3v) is 4.15. The number of nitro benzene ring substituents is 1. The monoisotopic (exact) mass is 381 g/mol. The maximum absolute atomic E-state index is 12.3. The van der Waals surface area contributed by atoms with Crippen molar-refractivity contribution in [3.8, 4) is 0 Å². The first-order valence-electron chi connectivity index (χ1n) is 7.07. The summed E-state index contributed by atoms with van der Waals surface area (Å²) in [6, 6.07) is 8.90. The minimum atomic E-state index is -1.08. The molecule has 0 radical (unpaired) electrons. The normalized spacial score (nSPS) is 11.6. The van der Waals surface area contributed by atoms with E-state index in [1.165, 1.54) is 18.2 Å². The van der Waals surface area contributed by atoms with Crippen LogP contribution in [-0.4, -0.2) is 22.8 Å². The molecule has 2 aromatic carbocycles. The minimum absolute atomic E-state index is 0.00545. The molecule has 0 unspecified atom stereocenters. The van der Waals surface area contributed by atoms with Crippen LogP contribution in [0.2, 0.25) is 10.0 Å². The summed E-state index contributed by atoms with van der Waals surface area (Å²) in [5.74, 6) is -1.45. The van der Waals surface area contributed by atoms with E-state index >= 15 is 0 Å². The molecular formula is C16H13Cl2N3O4. The smallest absolute Gasteiger partial charge is 0.270 e. The fourth-order valence-electron chi connectivity index (χ4n) is 2.16. The Hall–Kier alpha value is -2.64. The van der Waals surface area contributed by atoms with Crippen molar-refractivity contribution >= 4 is 40.7 Å². The molecule has 1 atom stereocenters. The van der Waals surface area contributed by atoms with Crippen molar-refractivity contribution in [3.05, 3.63) is 73.8 Å². The average molecular weight is 382 g/mol. The quantitative estimate of drug-likeness (QED) is 0.590. The first-order valence-corrected chi connectivity index (χ1v) is 7.82. The summed E-state index contributed by atoms with van der Waals surface area (Å²) in [6.07, 6.45) is -0.00545. The number of hydrogen-bond donors (Lipinski definition) is 2. The molecule has 0 spiro atoms. The Balaban J connectivity index is 2.22. The van der Waals surface area contributed by atoms with Crippen LogP contribution in [0, 0.1) is 10.1 Å². The predicted octanol–water partition coefficient (Wildman–Crippen LogP) is 2.73. The number of nitrogens with two attached hydrogens (primary N) is 1. The lowest BCUT2D eigenvalue weighted by Gasteiger charge is -2.17. The van der Waals surface area contributed by atoms with Gasteiger partial charge in [-0.25, -0.2) is 0 Å². The molecule has 0 aromatic heterocycles. The van der Waals surface area contributed by atoms with Crippen LogP contribution in [0.25, 0.3) is 0 Å². The number of nitrogens with one attached hydrogen (secondary N) is 1. The number of hydrogen-bond acceptors (Lipinski definition) is 4. The van der Waals surface area contributed by atoms with E-state index in [0.29, 0.717) is 15.6 Å². The maximum atomic E-state index is 12.3. The van der Waals surface area contributed by atoms with Crippen molar-refractivity contribution in [1.82, 2.24) is 5.32 Å². The molecule has 130 valence electrons. The van der Waals surface area contributed by atoms with E-state index in [4.69, 9.17) is 28.9 Å². The Kier molecular flexibility index (Phi) is 5.95. The van der Waals surface area contributed by atoms with Crippen molar-refractivity contribution in [1.29, 1.82) is 0 Å². The number of carbonyl (C=O) groups excluding carboxylic acids is 2. The number of non-ortho nitro benzene ring substituents is 1. The lowest BCUT2D eigenvalue weighted by molar-refractivity contribution is -0.384. The number of amides is 2. The summed E-state index contributed by atoms with van der Waals surface area (Å²) < 4.78 is 0. The van der Waals surface area contributed by atoms with Crippen molar-refractivity contribution in [2.45, 2.75) is 12.5 Å². The highest BCUT2D eigenvalue weighted by Crippen LogP contribution is 2.25. The van der Waals surface area contributed by atoms with Crippen molar-refractivity contribution in [2.24, 2.45) is 5.73 Å². The molecule has 25 heavy (non-hydrogen) atoms. The molecule has 0 fully saturated rings. The molecule has 0 saturated heterocycles. The molecule has 0 heterocycles. The fraction of sp³-hybridized carbons (Fsp3) is 0.125. The molecule has 9 heteroatoms. The van der Waals surface area contributed by atoms with Gasteiger partial charge in [-0.1, -0.05) is 35.3 Å². The number of primary amides is 1. The van der Waals surface area contributed by atoms with Crippen LogP contribution in [0.4, 0.5) is 5.69 Å². The van der Waals surface area contributed by atoms with Crippen LogP contribution >= 0.6 is 23.2 Å². The van der Waals surface area contributed by atoms with Crippen LogP contribution in [0.1, 0.15) is 15.9 Å². The van der Waals surface area contributed by atoms with Crippen molar-refractivity contribution < 1.29 is 14.5 Å². The van der Waals surface area contributed by atoms with Gasteiger partial charge in [-0.15, -0.1) is 0 Å². The first-order chi connectivity index (χ1) is 11.8. The van der Waals surface area contributed by atoms with Gasteiger partial charge in [0.15, 0.2) is 0 Å². The average Bonchev–Trinajstić information content (AvgIpc) is 2.57. The Morgan fingerprint density at radius 3 is 2.32 bits per heavy atom. The topological polar surface area (TPSA) is 115 Å². The second-order valence-electron chi connectivity index (χ2n) is 5.14. The standard InChI is InChI=1S/C16H13Cl2N3O4/c17-12-5-2-6-13(18)11(12)8-14(15(19)22)20-16(23)9-3-1-4-10(7-9)21(24)25/h1-7,14H,8H2,(H2,19,22)(H,20,23)/t14-/m1/s1. The second-order valence-corrected chi connectivity index (χ2v) is 5.95. The van der Waals surface area contributed by atoms with Crippen molar-refractivity contribution in [2.75, 3.05) is 0 Å². The highest BCUT2D eigenvalue weighted by Gasteiger charge is 2.22. The third kappa shape index (κ3) is 4.68. The minimum Gasteiger partial charge on any atom is -0.368 e. The predicted molar refractivity (Wildman–Crippen MR) is 93.7 cm³/mol. The molecule has 0 aliphatic heterocycles. The van der Waals surface area contributed by atoms with Gasteiger partial charge in [0.05, 0.1) is 4.92 Å². The van der Waals surface area contributed by atoms with E-state index < -0.39 is 22.8 Å². The second kappa shape index (κ2) is 7.96. The maximum Gasteiger partial charge on any atom is 0.270 e. The van der Waals surface area contributed by atoms with Crippen LogP contribution in [-0.2, 0) is 11.2 Å². The highest BCUT2D eigenvalue weighted by molar-refractivity contribution is 6.36. The SMILES string of the molecule is NC(=O)[C@@H](Cc1c(Cl)cccc1Cl)NC(=O)c1cccc([N+](=O)[O-])c1. The van der Waals surface area contributed by atoms with Crippen LogP contribution in [0.5, 0.6) is 0 Å². The summed E-state index contributed by atoms with van der Waals surface area (Å²) in [6.45, 7) is 0. The van der Waals surface area contributed by atoms with Gasteiger partial charge < -0.3 is 11.1 Å². The van der Waals surface area contributed by atoms with E-state index in [1.54, 1.807) is 18.2 Å². The Bertz CT molecular complexity index is 822. The van der Waals surface area contributed by atoms with E-state index in [1.807, 2.05) is 0 Å². The van der Waals surface area contributed by atoms with E-state index in [2.05, 4.69) is 5.32 Å². The van der Waals surface area contributed by atoms with Gasteiger partial charge in [-0.3, -0.25) is 19.7 Å². The van der Waals surface area contributed by atoms with Gasteiger partial charge in [0.2, 0.25) is 5.91 Å². The largest absolute Gasteiger partial charge is 0.368 e. The van der Waals surface area contributed by atoms with Crippen LogP contribution in [0.15, 0.2) is 42.5 Å². The van der Waals surface area contributed by atoms with Gasteiger partial charge in [0.25, 0.3) is 11.6 Å². The number of benzene rings is 2.